The number of hydrogen-bond acceptors (Lipinski definition) is 6. The second-order valence-corrected chi connectivity index (χ2v) is 11.8. The first kappa shape index (κ1) is 26.3. The van der Waals surface area contributed by atoms with Gasteiger partial charge in [-0.2, -0.15) is 0 Å². The summed E-state index contributed by atoms with van der Waals surface area (Å²) in [6.07, 6.45) is 3.93. The highest BCUT2D eigenvalue weighted by Crippen LogP contribution is 2.46. The number of carbonyl (C=O) groups excluding carboxylic acids is 1. The van der Waals surface area contributed by atoms with Crippen LogP contribution in [0.1, 0.15) is 40.0 Å². The molecule has 2 heterocycles. The quantitative estimate of drug-likeness (QED) is 0.170. The Morgan fingerprint density at radius 3 is 2.21 bits per heavy atom. The van der Waals surface area contributed by atoms with E-state index in [1.165, 1.54) is 32.4 Å². The van der Waals surface area contributed by atoms with Gasteiger partial charge in [-0.15, -0.1) is 11.3 Å². The lowest BCUT2D eigenvalue weighted by molar-refractivity contribution is -0.142. The Hall–Kier alpha value is -3.35. The number of hydrogen-bond donors (Lipinski definition) is 0. The Kier molecular flexibility index (Phi) is 8.01. The lowest BCUT2D eigenvalue weighted by Gasteiger charge is -2.26. The molecular formula is C32H35NO4S. The number of piperidine rings is 1. The van der Waals surface area contributed by atoms with Crippen LogP contribution in [0.4, 0.5) is 0 Å². The fourth-order valence-corrected chi connectivity index (χ4v) is 5.58. The lowest BCUT2D eigenvalue weighted by atomic mass is 9.97. The highest BCUT2D eigenvalue weighted by atomic mass is 32.1. The molecule has 0 unspecified atom stereocenters. The average Bonchev–Trinajstić information content (AvgIpc) is 3.28. The van der Waals surface area contributed by atoms with E-state index >= 15 is 0 Å². The Morgan fingerprint density at radius 2 is 1.50 bits per heavy atom. The van der Waals surface area contributed by atoms with Crippen LogP contribution >= 0.6 is 11.3 Å². The number of nitrogens with zero attached hydrogens (tertiary/aromatic N) is 1. The van der Waals surface area contributed by atoms with Crippen LogP contribution in [0, 0.1) is 5.41 Å². The maximum Gasteiger partial charge on any atom is 0.316 e. The Morgan fingerprint density at radius 1 is 0.842 bits per heavy atom. The van der Waals surface area contributed by atoms with E-state index in [2.05, 4.69) is 17.0 Å². The minimum atomic E-state index is -0.556. The van der Waals surface area contributed by atoms with Crippen LogP contribution in [-0.2, 0) is 4.79 Å². The van der Waals surface area contributed by atoms with Crippen molar-refractivity contribution in [1.82, 2.24) is 4.90 Å². The van der Waals surface area contributed by atoms with Crippen molar-refractivity contribution in [3.05, 3.63) is 72.8 Å². The third kappa shape index (κ3) is 6.37. The first-order valence-electron chi connectivity index (χ1n) is 13.3. The molecule has 0 amide bonds. The molecule has 0 saturated carbocycles. The van der Waals surface area contributed by atoms with Crippen LogP contribution in [0.25, 0.3) is 20.5 Å². The second kappa shape index (κ2) is 11.6. The lowest BCUT2D eigenvalue weighted by Crippen LogP contribution is -2.33. The third-order valence-corrected chi connectivity index (χ3v) is 7.86. The summed E-state index contributed by atoms with van der Waals surface area (Å²) in [6.45, 7) is 9.56. The van der Waals surface area contributed by atoms with Gasteiger partial charge in [0.1, 0.15) is 23.9 Å². The van der Waals surface area contributed by atoms with Gasteiger partial charge >= 0.3 is 5.97 Å². The van der Waals surface area contributed by atoms with Gasteiger partial charge in [0.25, 0.3) is 0 Å². The first-order chi connectivity index (χ1) is 18.4. The molecule has 0 atom stereocenters. The molecule has 1 saturated heterocycles. The molecule has 4 aromatic rings. The minimum absolute atomic E-state index is 0.255. The molecule has 1 aliphatic heterocycles. The minimum Gasteiger partial charge on any atom is -0.492 e. The molecule has 1 fully saturated rings. The predicted octanol–water partition coefficient (Wildman–Crippen LogP) is 8.18. The molecule has 5 nitrogen and oxygen atoms in total. The van der Waals surface area contributed by atoms with Gasteiger partial charge in [0, 0.05) is 16.6 Å². The number of thiophene rings is 1. The smallest absolute Gasteiger partial charge is 0.316 e. The topological polar surface area (TPSA) is 48.0 Å². The van der Waals surface area contributed by atoms with Crippen LogP contribution in [0.2, 0.25) is 0 Å². The van der Waals surface area contributed by atoms with Crippen molar-refractivity contribution in [2.24, 2.45) is 5.41 Å². The van der Waals surface area contributed by atoms with Crippen molar-refractivity contribution >= 4 is 27.4 Å². The van der Waals surface area contributed by atoms with E-state index in [1.807, 2.05) is 81.4 Å². The van der Waals surface area contributed by atoms with Crippen LogP contribution in [0.15, 0.2) is 72.8 Å². The van der Waals surface area contributed by atoms with Gasteiger partial charge in [-0.05, 0) is 113 Å². The third-order valence-electron chi connectivity index (χ3n) is 6.66. The molecule has 1 aromatic heterocycles. The van der Waals surface area contributed by atoms with Crippen molar-refractivity contribution in [3.63, 3.8) is 0 Å². The van der Waals surface area contributed by atoms with Crippen LogP contribution < -0.4 is 14.2 Å². The molecular weight excluding hydrogens is 494 g/mol. The molecule has 5 rings (SSSR count). The summed E-state index contributed by atoms with van der Waals surface area (Å²) >= 11 is 1.69. The van der Waals surface area contributed by atoms with Gasteiger partial charge in [-0.3, -0.25) is 9.69 Å². The van der Waals surface area contributed by atoms with E-state index in [-0.39, 0.29) is 5.97 Å². The summed E-state index contributed by atoms with van der Waals surface area (Å²) in [4.78, 5) is 15.8. The molecule has 0 radical (unpaired) electrons. The summed E-state index contributed by atoms with van der Waals surface area (Å²) in [7, 11) is 0. The first-order valence-corrected chi connectivity index (χ1v) is 14.2. The monoisotopic (exact) mass is 529 g/mol. The summed E-state index contributed by atoms with van der Waals surface area (Å²) in [6, 6.07) is 23.7. The number of benzene rings is 3. The highest BCUT2D eigenvalue weighted by molar-refractivity contribution is 7.22. The van der Waals surface area contributed by atoms with Gasteiger partial charge in [-0.1, -0.05) is 18.6 Å². The number of likely N-dealkylation sites (tertiary alicyclic amines) is 1. The molecule has 0 bridgehead atoms. The molecule has 198 valence electrons. The van der Waals surface area contributed by atoms with Gasteiger partial charge in [0.05, 0.1) is 10.3 Å². The molecule has 1 aliphatic rings. The van der Waals surface area contributed by atoms with Crippen molar-refractivity contribution in [1.29, 1.82) is 0 Å². The van der Waals surface area contributed by atoms with Crippen molar-refractivity contribution in [2.75, 3.05) is 26.2 Å². The standard InChI is InChI=1S/C32H35NO4S/c1-32(2,3)31(34)37-26-13-11-23(12-14-26)30-29(27-9-5-6-10-28(27)38-30)36-25-17-15-24(16-18-25)35-22-21-33-19-7-4-8-20-33/h5-6,9-18H,4,7-8,19-22H2,1-3H3. The Balaban J connectivity index is 1.31. The highest BCUT2D eigenvalue weighted by Gasteiger charge is 2.24. The predicted molar refractivity (Wildman–Crippen MR) is 155 cm³/mol. The summed E-state index contributed by atoms with van der Waals surface area (Å²) in [5.74, 6) is 2.71. The van der Waals surface area contributed by atoms with Gasteiger partial charge < -0.3 is 14.2 Å². The van der Waals surface area contributed by atoms with E-state index in [0.29, 0.717) is 12.4 Å². The fourth-order valence-electron chi connectivity index (χ4n) is 4.45. The molecule has 6 heteroatoms. The zero-order chi connectivity index (χ0) is 26.5. The number of fused-ring (bicyclic) bond motifs is 1. The Bertz CT molecular complexity index is 1360. The van der Waals surface area contributed by atoms with E-state index in [9.17, 15) is 4.79 Å². The maximum absolute atomic E-state index is 12.3. The number of rotatable bonds is 8. The van der Waals surface area contributed by atoms with Crippen LogP contribution in [0.5, 0.6) is 23.0 Å². The largest absolute Gasteiger partial charge is 0.492 e. The van der Waals surface area contributed by atoms with E-state index in [1.54, 1.807) is 11.3 Å². The molecule has 0 aliphatic carbocycles. The van der Waals surface area contributed by atoms with Gasteiger partial charge in [-0.25, -0.2) is 0 Å². The van der Waals surface area contributed by atoms with Crippen LogP contribution in [-0.4, -0.2) is 37.1 Å². The van der Waals surface area contributed by atoms with Crippen molar-refractivity contribution in [3.8, 4) is 33.4 Å². The normalized spacial score (nSPS) is 14.4. The van der Waals surface area contributed by atoms with E-state index in [4.69, 9.17) is 14.2 Å². The van der Waals surface area contributed by atoms with Crippen LogP contribution in [0.3, 0.4) is 0 Å². The number of ether oxygens (including phenoxy) is 3. The van der Waals surface area contributed by atoms with Gasteiger partial charge in [0.15, 0.2) is 5.75 Å². The fraction of sp³-hybridized carbons (Fsp3) is 0.344. The van der Waals surface area contributed by atoms with Gasteiger partial charge in [0.2, 0.25) is 0 Å². The van der Waals surface area contributed by atoms with E-state index in [0.717, 1.165) is 44.3 Å². The van der Waals surface area contributed by atoms with E-state index < -0.39 is 5.41 Å². The SMILES string of the molecule is CC(C)(C)C(=O)Oc1ccc(-c2sc3ccccc3c2Oc2ccc(OCCN3CCCCC3)cc2)cc1. The Labute approximate surface area is 229 Å². The van der Waals surface area contributed by atoms with Crippen molar-refractivity contribution < 1.29 is 19.0 Å². The number of carbonyl (C=O) groups is 1. The molecule has 0 spiro atoms. The summed E-state index contributed by atoms with van der Waals surface area (Å²) in [5, 5.41) is 1.07. The molecule has 0 N–H and O–H groups in total. The van der Waals surface area contributed by atoms with Crippen molar-refractivity contribution in [2.45, 2.75) is 40.0 Å². The molecule has 38 heavy (non-hydrogen) atoms. The number of esters is 1. The zero-order valence-corrected chi connectivity index (χ0v) is 23.2. The average molecular weight is 530 g/mol. The molecule has 3 aromatic carbocycles. The second-order valence-electron chi connectivity index (χ2n) is 10.7. The summed E-state index contributed by atoms with van der Waals surface area (Å²) < 4.78 is 19.2. The zero-order valence-electron chi connectivity index (χ0n) is 22.4. The maximum atomic E-state index is 12.3. The summed E-state index contributed by atoms with van der Waals surface area (Å²) in [5.41, 5.74) is 0.452.